The molecule has 4 aromatic carbocycles. The standard InChI is InChI=1S/C26H17NO5/c1-32-21-14-13-19-22-18(25(30)27(26(19)31)15-7-3-2-4-8-15)12-11-17(23(21)22)24(29)16-9-5-6-10-20(16)28/h2-14,28H,1H3. The Kier molecular flexibility index (Phi) is 4.48. The molecule has 0 radical (unpaired) electrons. The molecule has 6 heteroatoms. The molecular weight excluding hydrogens is 406 g/mol. The van der Waals surface area contributed by atoms with Crippen LogP contribution in [0.1, 0.15) is 36.6 Å². The quantitative estimate of drug-likeness (QED) is 0.384. The first-order valence-corrected chi connectivity index (χ1v) is 9.93. The van der Waals surface area contributed by atoms with E-state index in [2.05, 4.69) is 0 Å². The Labute approximate surface area is 183 Å². The van der Waals surface area contributed by atoms with E-state index in [1.165, 1.54) is 25.3 Å². The van der Waals surface area contributed by atoms with Crippen molar-refractivity contribution in [2.24, 2.45) is 0 Å². The van der Waals surface area contributed by atoms with Gasteiger partial charge in [0.15, 0.2) is 5.78 Å². The van der Waals surface area contributed by atoms with Gasteiger partial charge in [-0.25, -0.2) is 4.90 Å². The lowest BCUT2D eigenvalue weighted by Crippen LogP contribution is -2.40. The number of methoxy groups -OCH3 is 1. The molecule has 0 bridgehead atoms. The fourth-order valence-electron chi connectivity index (χ4n) is 4.14. The number of para-hydroxylation sites is 2. The summed E-state index contributed by atoms with van der Waals surface area (Å²) in [5, 5.41) is 10.9. The maximum atomic E-state index is 13.4. The molecule has 0 aliphatic carbocycles. The number of phenols is 1. The molecule has 0 fully saturated rings. The number of aromatic hydroxyl groups is 1. The Bertz CT molecular complexity index is 1400. The number of carbonyl (C=O) groups is 3. The number of hydrogen-bond acceptors (Lipinski definition) is 5. The normalized spacial score (nSPS) is 12.8. The lowest BCUT2D eigenvalue weighted by atomic mass is 9.88. The van der Waals surface area contributed by atoms with Gasteiger partial charge in [-0.3, -0.25) is 14.4 Å². The third-order valence-corrected chi connectivity index (χ3v) is 5.62. The third kappa shape index (κ3) is 2.77. The Morgan fingerprint density at radius 3 is 2.03 bits per heavy atom. The van der Waals surface area contributed by atoms with Crippen LogP contribution >= 0.6 is 0 Å². The molecule has 156 valence electrons. The van der Waals surface area contributed by atoms with Crippen LogP contribution in [0.4, 0.5) is 5.69 Å². The number of hydrogen-bond donors (Lipinski definition) is 1. The number of anilines is 1. The first kappa shape index (κ1) is 19.5. The van der Waals surface area contributed by atoms with Gasteiger partial charge in [0.25, 0.3) is 11.8 Å². The summed E-state index contributed by atoms with van der Waals surface area (Å²) in [5.41, 5.74) is 1.41. The number of rotatable bonds is 4. The Hall–Kier alpha value is -4.45. The van der Waals surface area contributed by atoms with Crippen molar-refractivity contribution in [2.75, 3.05) is 12.0 Å². The van der Waals surface area contributed by atoms with E-state index in [1.807, 2.05) is 0 Å². The summed E-state index contributed by atoms with van der Waals surface area (Å²) in [6.45, 7) is 0. The van der Waals surface area contributed by atoms with Crippen LogP contribution in [-0.4, -0.2) is 29.8 Å². The van der Waals surface area contributed by atoms with E-state index < -0.39 is 17.6 Å². The van der Waals surface area contributed by atoms with Gasteiger partial charge in [-0.1, -0.05) is 30.3 Å². The second-order valence-corrected chi connectivity index (χ2v) is 7.35. The highest BCUT2D eigenvalue weighted by Crippen LogP contribution is 2.40. The van der Waals surface area contributed by atoms with Crippen molar-refractivity contribution in [1.29, 1.82) is 0 Å². The maximum Gasteiger partial charge on any atom is 0.265 e. The van der Waals surface area contributed by atoms with Crippen molar-refractivity contribution in [3.05, 3.63) is 101 Å². The first-order valence-electron chi connectivity index (χ1n) is 9.93. The lowest BCUT2D eigenvalue weighted by molar-refractivity contribution is 0.0892. The molecule has 0 saturated carbocycles. The van der Waals surface area contributed by atoms with E-state index in [-0.39, 0.29) is 16.9 Å². The number of ketones is 1. The number of nitrogens with zero attached hydrogens (tertiary/aromatic N) is 1. The molecule has 1 aliphatic rings. The molecule has 4 aromatic rings. The van der Waals surface area contributed by atoms with Crippen LogP contribution in [0.5, 0.6) is 11.5 Å². The highest BCUT2D eigenvalue weighted by atomic mass is 16.5. The molecule has 5 rings (SSSR count). The summed E-state index contributed by atoms with van der Waals surface area (Å²) in [7, 11) is 1.46. The molecule has 1 heterocycles. The molecule has 0 spiro atoms. The van der Waals surface area contributed by atoms with Crippen molar-refractivity contribution in [3.8, 4) is 11.5 Å². The minimum absolute atomic E-state index is 0.120. The van der Waals surface area contributed by atoms with E-state index >= 15 is 0 Å². The van der Waals surface area contributed by atoms with Crippen LogP contribution < -0.4 is 9.64 Å². The average Bonchev–Trinajstić information content (AvgIpc) is 2.82. The van der Waals surface area contributed by atoms with E-state index in [1.54, 1.807) is 60.7 Å². The van der Waals surface area contributed by atoms with Crippen molar-refractivity contribution in [2.45, 2.75) is 0 Å². The van der Waals surface area contributed by atoms with Crippen LogP contribution in [-0.2, 0) is 0 Å². The highest BCUT2D eigenvalue weighted by Gasteiger charge is 2.36. The summed E-state index contributed by atoms with van der Waals surface area (Å²) < 4.78 is 5.49. The van der Waals surface area contributed by atoms with Gasteiger partial charge in [-0.15, -0.1) is 0 Å². The SMILES string of the molecule is COc1ccc2c3c(ccc(C(=O)c4ccccc4O)c13)C(=O)N(c1ccccc1)C2=O. The van der Waals surface area contributed by atoms with Crippen molar-refractivity contribution in [1.82, 2.24) is 0 Å². The van der Waals surface area contributed by atoms with Gasteiger partial charge in [0, 0.05) is 27.5 Å². The smallest absolute Gasteiger partial charge is 0.265 e. The molecular formula is C26H17NO5. The van der Waals surface area contributed by atoms with Gasteiger partial charge in [0.2, 0.25) is 0 Å². The fourth-order valence-corrected chi connectivity index (χ4v) is 4.14. The molecule has 0 unspecified atom stereocenters. The predicted molar refractivity (Wildman–Crippen MR) is 120 cm³/mol. The average molecular weight is 423 g/mol. The van der Waals surface area contributed by atoms with E-state index in [9.17, 15) is 19.5 Å². The summed E-state index contributed by atoms with van der Waals surface area (Å²) in [5.74, 6) is -1.19. The van der Waals surface area contributed by atoms with Crippen molar-refractivity contribution >= 4 is 34.1 Å². The molecule has 2 amide bonds. The first-order chi connectivity index (χ1) is 15.5. The number of amides is 2. The number of carbonyl (C=O) groups excluding carboxylic acids is 3. The number of phenolic OH excluding ortho intramolecular Hbond substituents is 1. The van der Waals surface area contributed by atoms with Gasteiger partial charge in [0.1, 0.15) is 11.5 Å². The van der Waals surface area contributed by atoms with Crippen molar-refractivity contribution < 1.29 is 24.2 Å². The second kappa shape index (κ2) is 7.35. The fraction of sp³-hybridized carbons (Fsp3) is 0.0385. The molecule has 32 heavy (non-hydrogen) atoms. The predicted octanol–water partition coefficient (Wildman–Crippen LogP) is 4.59. The third-order valence-electron chi connectivity index (χ3n) is 5.62. The summed E-state index contributed by atoms with van der Waals surface area (Å²) in [6, 6.07) is 21.2. The molecule has 0 atom stereocenters. The number of ether oxygens (including phenoxy) is 1. The molecule has 0 aromatic heterocycles. The minimum atomic E-state index is -0.478. The largest absolute Gasteiger partial charge is 0.507 e. The molecule has 6 nitrogen and oxygen atoms in total. The topological polar surface area (TPSA) is 83.9 Å². The summed E-state index contributed by atoms with van der Waals surface area (Å²) in [4.78, 5) is 41.2. The zero-order chi connectivity index (χ0) is 22.4. The van der Waals surface area contributed by atoms with Crippen LogP contribution in [0.25, 0.3) is 10.8 Å². The summed E-state index contributed by atoms with van der Waals surface area (Å²) >= 11 is 0. The van der Waals surface area contributed by atoms with Gasteiger partial charge >= 0.3 is 0 Å². The highest BCUT2D eigenvalue weighted by molar-refractivity contribution is 6.37. The van der Waals surface area contributed by atoms with Crippen LogP contribution in [0.3, 0.4) is 0 Å². The zero-order valence-electron chi connectivity index (χ0n) is 17.0. The van der Waals surface area contributed by atoms with Gasteiger partial charge < -0.3 is 9.84 Å². The lowest BCUT2D eigenvalue weighted by Gasteiger charge is -2.28. The Morgan fingerprint density at radius 1 is 0.750 bits per heavy atom. The number of benzene rings is 4. The second-order valence-electron chi connectivity index (χ2n) is 7.35. The van der Waals surface area contributed by atoms with Crippen LogP contribution in [0.2, 0.25) is 0 Å². The van der Waals surface area contributed by atoms with Gasteiger partial charge in [0.05, 0.1) is 18.4 Å². The molecule has 1 N–H and O–H groups in total. The van der Waals surface area contributed by atoms with E-state index in [0.717, 1.165) is 4.90 Å². The van der Waals surface area contributed by atoms with Crippen molar-refractivity contribution in [3.63, 3.8) is 0 Å². The minimum Gasteiger partial charge on any atom is -0.507 e. The zero-order valence-corrected chi connectivity index (χ0v) is 17.0. The van der Waals surface area contributed by atoms with Crippen LogP contribution in [0.15, 0.2) is 78.9 Å². The maximum absolute atomic E-state index is 13.4. The van der Waals surface area contributed by atoms with Gasteiger partial charge in [-0.2, -0.15) is 0 Å². The Balaban J connectivity index is 1.78. The van der Waals surface area contributed by atoms with Gasteiger partial charge in [-0.05, 0) is 48.5 Å². The summed E-state index contributed by atoms with van der Waals surface area (Å²) in [6.07, 6.45) is 0. The molecule has 0 saturated heterocycles. The monoisotopic (exact) mass is 423 g/mol. The van der Waals surface area contributed by atoms with Crippen LogP contribution in [0, 0.1) is 0 Å². The van der Waals surface area contributed by atoms with E-state index in [0.29, 0.717) is 33.3 Å². The van der Waals surface area contributed by atoms with E-state index in [4.69, 9.17) is 4.74 Å². The molecule has 1 aliphatic heterocycles. The number of imide groups is 1. The Morgan fingerprint density at radius 2 is 1.38 bits per heavy atom.